The fourth-order valence-corrected chi connectivity index (χ4v) is 4.94. The van der Waals surface area contributed by atoms with E-state index in [1.807, 2.05) is 30.5 Å². The lowest BCUT2D eigenvalue weighted by atomic mass is 9.69. The zero-order chi connectivity index (χ0) is 23.3. The molecule has 1 saturated carbocycles. The molecule has 1 amide bonds. The Hall–Kier alpha value is -2.71. The predicted molar refractivity (Wildman–Crippen MR) is 129 cm³/mol. The van der Waals surface area contributed by atoms with E-state index in [2.05, 4.69) is 15.6 Å². The molecule has 1 aliphatic carbocycles. The van der Waals surface area contributed by atoms with Gasteiger partial charge in [0.1, 0.15) is 5.82 Å². The molecule has 2 N–H and O–H groups in total. The maximum atomic E-state index is 14.3. The maximum absolute atomic E-state index is 14.3. The van der Waals surface area contributed by atoms with E-state index >= 15 is 0 Å². The Labute approximate surface area is 201 Å². The Morgan fingerprint density at radius 2 is 2.06 bits per heavy atom. The van der Waals surface area contributed by atoms with Crippen LogP contribution < -0.4 is 15.4 Å². The van der Waals surface area contributed by atoms with Crippen molar-refractivity contribution in [3.8, 4) is 5.75 Å². The van der Waals surface area contributed by atoms with Crippen LogP contribution in [0.15, 0.2) is 48.0 Å². The van der Waals surface area contributed by atoms with Crippen LogP contribution in [-0.2, 0) is 11.2 Å². The van der Waals surface area contributed by atoms with Crippen molar-refractivity contribution in [2.75, 3.05) is 11.9 Å². The first kappa shape index (κ1) is 23.4. The molecule has 0 atom stereocenters. The van der Waals surface area contributed by atoms with E-state index in [1.165, 1.54) is 17.4 Å². The smallest absolute Gasteiger partial charge is 0.226 e. The van der Waals surface area contributed by atoms with Crippen LogP contribution in [0, 0.1) is 11.2 Å². The summed E-state index contributed by atoms with van der Waals surface area (Å²) >= 11 is 7.37. The number of aromatic nitrogens is 2. The minimum absolute atomic E-state index is 0.0254. The van der Waals surface area contributed by atoms with Crippen molar-refractivity contribution in [2.24, 2.45) is 5.41 Å². The van der Waals surface area contributed by atoms with Crippen LogP contribution in [0.4, 0.5) is 15.3 Å². The highest BCUT2D eigenvalue weighted by molar-refractivity contribution is 7.13. The highest BCUT2D eigenvalue weighted by atomic mass is 35.5. The van der Waals surface area contributed by atoms with Gasteiger partial charge in [0.05, 0.1) is 16.5 Å². The number of nitrogens with zero attached hydrogens (tertiary/aromatic N) is 2. The topological polar surface area (TPSA) is 76.1 Å². The average Bonchev–Trinajstić information content (AvgIpc) is 3.32. The number of hydrogen-bond acceptors (Lipinski definition) is 6. The van der Waals surface area contributed by atoms with E-state index in [9.17, 15) is 9.18 Å². The third kappa shape index (κ3) is 5.62. The third-order valence-corrected chi connectivity index (χ3v) is 6.89. The lowest BCUT2D eigenvalue weighted by Gasteiger charge is -2.38. The second kappa shape index (κ2) is 10.5. The molecule has 2 heterocycles. The van der Waals surface area contributed by atoms with Gasteiger partial charge in [-0.15, -0.1) is 11.3 Å². The van der Waals surface area contributed by atoms with Crippen molar-refractivity contribution < 1.29 is 13.9 Å². The van der Waals surface area contributed by atoms with Gasteiger partial charge in [0.2, 0.25) is 5.91 Å². The Morgan fingerprint density at radius 3 is 2.79 bits per heavy atom. The van der Waals surface area contributed by atoms with Gasteiger partial charge < -0.3 is 15.4 Å². The first-order valence-corrected chi connectivity index (χ1v) is 12.3. The number of rotatable bonds is 8. The molecule has 0 saturated heterocycles. The Morgan fingerprint density at radius 1 is 1.27 bits per heavy atom. The zero-order valence-corrected chi connectivity index (χ0v) is 19.9. The molecule has 1 fully saturated rings. The lowest BCUT2D eigenvalue weighted by molar-refractivity contribution is -0.134. The number of thiazole rings is 1. The summed E-state index contributed by atoms with van der Waals surface area (Å²) in [5.74, 6) is 0.327. The van der Waals surface area contributed by atoms with Crippen molar-refractivity contribution in [3.63, 3.8) is 0 Å². The van der Waals surface area contributed by atoms with E-state index < -0.39 is 11.2 Å². The summed E-state index contributed by atoms with van der Waals surface area (Å²) in [7, 11) is 0. The van der Waals surface area contributed by atoms with E-state index in [0.717, 1.165) is 10.8 Å². The normalized spacial score (nSPS) is 20.3. The van der Waals surface area contributed by atoms with Crippen LogP contribution in [0.5, 0.6) is 5.75 Å². The summed E-state index contributed by atoms with van der Waals surface area (Å²) in [4.78, 5) is 22.1. The van der Waals surface area contributed by atoms with Crippen LogP contribution >= 0.6 is 22.9 Å². The Kier molecular flexibility index (Phi) is 7.45. The van der Waals surface area contributed by atoms with E-state index in [-0.39, 0.29) is 22.8 Å². The molecular formula is C24H26ClFN4O2S. The predicted octanol–water partition coefficient (Wildman–Crippen LogP) is 5.76. The van der Waals surface area contributed by atoms with Gasteiger partial charge in [-0.05, 0) is 56.9 Å². The van der Waals surface area contributed by atoms with Gasteiger partial charge in [0.15, 0.2) is 16.7 Å². The minimum Gasteiger partial charge on any atom is -0.487 e. The first-order chi connectivity index (χ1) is 16.0. The summed E-state index contributed by atoms with van der Waals surface area (Å²) in [5.41, 5.74) is 0.248. The summed E-state index contributed by atoms with van der Waals surface area (Å²) in [6.45, 7) is 2.48. The molecule has 0 aliphatic heterocycles. The highest BCUT2D eigenvalue weighted by Crippen LogP contribution is 2.41. The van der Waals surface area contributed by atoms with Crippen molar-refractivity contribution in [3.05, 3.63) is 64.5 Å². The van der Waals surface area contributed by atoms with Gasteiger partial charge in [0, 0.05) is 30.2 Å². The molecule has 174 valence electrons. The lowest BCUT2D eigenvalue weighted by Crippen LogP contribution is -2.46. The molecular weight excluding hydrogens is 463 g/mol. The molecule has 1 aromatic carbocycles. The van der Waals surface area contributed by atoms with Gasteiger partial charge in [-0.3, -0.25) is 4.79 Å². The fourth-order valence-electron chi connectivity index (χ4n) is 4.24. The van der Waals surface area contributed by atoms with Crippen LogP contribution in [0.3, 0.4) is 0 Å². The van der Waals surface area contributed by atoms with Gasteiger partial charge in [-0.25, -0.2) is 14.4 Å². The number of anilines is 2. The number of benzene rings is 1. The van der Waals surface area contributed by atoms with Gasteiger partial charge in [-0.1, -0.05) is 23.7 Å². The molecule has 6 nitrogen and oxygen atoms in total. The standard InChI is InChI=1S/C24H26ClFN4O2S/c1-2-27-22(31)24(15-16-5-3-8-20(29-16)30-23-28-13-14-33-23)11-9-17(10-12-24)32-19-7-4-6-18(25)21(19)26/h3-8,13-14,17H,2,9-12,15H2,1H3,(H,27,31)(H,28,29,30)/t17-,24-. The largest absolute Gasteiger partial charge is 0.487 e. The molecule has 4 rings (SSSR count). The number of carbonyl (C=O) groups is 1. The average molecular weight is 489 g/mol. The van der Waals surface area contributed by atoms with E-state index in [4.69, 9.17) is 21.3 Å². The molecule has 33 heavy (non-hydrogen) atoms. The SMILES string of the molecule is CCNC(=O)[C@]1(Cc2cccc(Nc3nccs3)n2)CC[C@@H](Oc2cccc(Cl)c2F)CC1. The van der Waals surface area contributed by atoms with Crippen molar-refractivity contribution in [2.45, 2.75) is 45.1 Å². The summed E-state index contributed by atoms with van der Waals surface area (Å²) < 4.78 is 20.2. The summed E-state index contributed by atoms with van der Waals surface area (Å²) in [5, 5.41) is 8.90. The molecule has 9 heteroatoms. The van der Waals surface area contributed by atoms with E-state index in [1.54, 1.807) is 18.3 Å². The first-order valence-electron chi connectivity index (χ1n) is 11.0. The fraction of sp³-hybridized carbons (Fsp3) is 0.375. The molecule has 0 radical (unpaired) electrons. The molecule has 0 unspecified atom stereocenters. The van der Waals surface area contributed by atoms with Gasteiger partial charge in [0.25, 0.3) is 0 Å². The van der Waals surface area contributed by atoms with Gasteiger partial charge >= 0.3 is 0 Å². The van der Waals surface area contributed by atoms with Crippen molar-refractivity contribution in [1.29, 1.82) is 0 Å². The van der Waals surface area contributed by atoms with Gasteiger partial charge in [-0.2, -0.15) is 0 Å². The second-order valence-corrected chi connectivity index (χ2v) is 9.46. The van der Waals surface area contributed by atoms with Crippen LogP contribution in [0.1, 0.15) is 38.3 Å². The monoisotopic (exact) mass is 488 g/mol. The molecule has 3 aromatic rings. The highest BCUT2D eigenvalue weighted by Gasteiger charge is 2.42. The molecule has 2 aromatic heterocycles. The number of halogens is 2. The molecule has 1 aliphatic rings. The molecule has 0 bridgehead atoms. The Bertz CT molecular complexity index is 1090. The number of nitrogens with one attached hydrogen (secondary N) is 2. The number of hydrogen-bond donors (Lipinski definition) is 2. The Balaban J connectivity index is 1.47. The van der Waals surface area contributed by atoms with Crippen LogP contribution in [0.2, 0.25) is 5.02 Å². The second-order valence-electron chi connectivity index (χ2n) is 8.16. The zero-order valence-electron chi connectivity index (χ0n) is 18.3. The maximum Gasteiger partial charge on any atom is 0.226 e. The number of amides is 1. The number of carbonyl (C=O) groups excluding carboxylic acids is 1. The van der Waals surface area contributed by atoms with Crippen molar-refractivity contribution in [1.82, 2.24) is 15.3 Å². The molecule has 0 spiro atoms. The summed E-state index contributed by atoms with van der Waals surface area (Å²) in [6, 6.07) is 10.5. The van der Waals surface area contributed by atoms with Crippen molar-refractivity contribution >= 4 is 39.8 Å². The summed E-state index contributed by atoms with van der Waals surface area (Å²) in [6.07, 6.45) is 4.60. The van der Waals surface area contributed by atoms with Crippen LogP contribution in [-0.4, -0.2) is 28.5 Å². The van der Waals surface area contributed by atoms with Crippen LogP contribution in [0.25, 0.3) is 0 Å². The number of ether oxygens (including phenoxy) is 1. The third-order valence-electron chi connectivity index (χ3n) is 5.91. The quantitative estimate of drug-likeness (QED) is 0.421. The minimum atomic E-state index is -0.588. The number of pyridine rings is 1. The van der Waals surface area contributed by atoms with E-state index in [0.29, 0.717) is 44.5 Å².